The van der Waals surface area contributed by atoms with Crippen molar-refractivity contribution in [1.29, 1.82) is 0 Å². The Morgan fingerprint density at radius 1 is 0.909 bits per heavy atom. The minimum atomic E-state index is -0.745. The first-order valence-electron chi connectivity index (χ1n) is 11.2. The van der Waals surface area contributed by atoms with Crippen molar-refractivity contribution >= 4 is 5.97 Å². The molecule has 1 fully saturated rings. The van der Waals surface area contributed by atoms with Crippen molar-refractivity contribution in [2.75, 3.05) is 6.61 Å². The van der Waals surface area contributed by atoms with Crippen LogP contribution in [0.2, 0.25) is 0 Å². The number of carbonyl (C=O) groups excluding carboxylic acids is 1. The zero-order chi connectivity index (χ0) is 22.7. The Balaban J connectivity index is 1.47. The van der Waals surface area contributed by atoms with E-state index in [2.05, 4.69) is 5.16 Å². The summed E-state index contributed by atoms with van der Waals surface area (Å²) in [6.45, 7) is 2.66. The van der Waals surface area contributed by atoms with Crippen molar-refractivity contribution in [1.82, 2.24) is 5.16 Å². The number of benzene rings is 3. The van der Waals surface area contributed by atoms with Gasteiger partial charge in [0.15, 0.2) is 5.76 Å². The van der Waals surface area contributed by atoms with Gasteiger partial charge in [-0.2, -0.15) is 0 Å². The van der Waals surface area contributed by atoms with E-state index in [1.807, 2.05) is 91.9 Å². The molecule has 1 aliphatic carbocycles. The van der Waals surface area contributed by atoms with Gasteiger partial charge in [-0.05, 0) is 55.2 Å². The topological polar surface area (TPSA) is 61.6 Å². The Kier molecular flexibility index (Phi) is 5.69. The first-order valence-corrected chi connectivity index (χ1v) is 11.2. The van der Waals surface area contributed by atoms with Gasteiger partial charge in [0, 0.05) is 5.56 Å². The molecule has 1 saturated carbocycles. The second-order valence-corrected chi connectivity index (χ2v) is 8.20. The molecule has 0 N–H and O–H groups in total. The fraction of sp³-hybridized carbons (Fsp3) is 0.214. The van der Waals surface area contributed by atoms with E-state index in [1.165, 1.54) is 0 Å². The summed E-state index contributed by atoms with van der Waals surface area (Å²) in [6.07, 6.45) is 1.40. The normalized spacial score (nSPS) is 14.0. The average molecular weight is 440 g/mol. The van der Waals surface area contributed by atoms with Crippen LogP contribution in [-0.4, -0.2) is 17.7 Å². The van der Waals surface area contributed by atoms with E-state index in [0.717, 1.165) is 28.0 Å². The van der Waals surface area contributed by atoms with Gasteiger partial charge in [-0.1, -0.05) is 65.8 Å². The Hall–Kier alpha value is -3.86. The molecule has 1 heterocycles. The van der Waals surface area contributed by atoms with E-state index in [4.69, 9.17) is 14.0 Å². The van der Waals surface area contributed by atoms with Gasteiger partial charge in [-0.25, -0.2) is 0 Å². The maximum atomic E-state index is 12.8. The van der Waals surface area contributed by atoms with Gasteiger partial charge in [0.05, 0.1) is 12.2 Å². The molecule has 166 valence electrons. The number of aromatic nitrogens is 1. The van der Waals surface area contributed by atoms with E-state index in [-0.39, 0.29) is 5.97 Å². The molecule has 0 atom stereocenters. The average Bonchev–Trinajstić information content (AvgIpc) is 3.56. The molecular formula is C28H25NO4. The molecule has 0 saturated heterocycles. The molecular weight excluding hydrogens is 414 g/mol. The van der Waals surface area contributed by atoms with Crippen LogP contribution in [0, 0.1) is 0 Å². The number of ether oxygens (including phenoxy) is 2. The van der Waals surface area contributed by atoms with Crippen LogP contribution in [0.15, 0.2) is 89.5 Å². The highest BCUT2D eigenvalue weighted by Crippen LogP contribution is 2.54. The van der Waals surface area contributed by atoms with Crippen LogP contribution < -0.4 is 4.74 Å². The summed E-state index contributed by atoms with van der Waals surface area (Å²) >= 11 is 0. The van der Waals surface area contributed by atoms with Crippen molar-refractivity contribution in [3.8, 4) is 28.1 Å². The summed E-state index contributed by atoms with van der Waals surface area (Å²) in [5.41, 5.74) is 3.79. The Bertz CT molecular complexity index is 1230. The van der Waals surface area contributed by atoms with Crippen LogP contribution >= 0.6 is 0 Å². The molecule has 3 aromatic carbocycles. The van der Waals surface area contributed by atoms with Crippen LogP contribution in [0.5, 0.6) is 5.75 Å². The Morgan fingerprint density at radius 2 is 1.58 bits per heavy atom. The zero-order valence-electron chi connectivity index (χ0n) is 18.5. The highest BCUT2D eigenvalue weighted by Gasteiger charge is 2.57. The lowest BCUT2D eigenvalue weighted by Gasteiger charge is -2.13. The molecule has 5 rings (SSSR count). The van der Waals surface area contributed by atoms with Gasteiger partial charge in [0.1, 0.15) is 23.5 Å². The van der Waals surface area contributed by atoms with Gasteiger partial charge in [-0.3, -0.25) is 4.79 Å². The minimum Gasteiger partial charge on any atom is -0.489 e. The summed E-state index contributed by atoms with van der Waals surface area (Å²) in [4.78, 5) is 12.8. The summed E-state index contributed by atoms with van der Waals surface area (Å²) in [5, 5.41) is 4.41. The summed E-state index contributed by atoms with van der Waals surface area (Å²) in [5.74, 6) is 1.12. The van der Waals surface area contributed by atoms with E-state index < -0.39 is 5.41 Å². The molecule has 0 bridgehead atoms. The lowest BCUT2D eigenvalue weighted by molar-refractivity contribution is -0.146. The van der Waals surface area contributed by atoms with Gasteiger partial charge < -0.3 is 14.0 Å². The van der Waals surface area contributed by atoms with Gasteiger partial charge in [0.25, 0.3) is 0 Å². The predicted molar refractivity (Wildman–Crippen MR) is 126 cm³/mol. The first-order chi connectivity index (χ1) is 16.2. The minimum absolute atomic E-state index is 0.241. The van der Waals surface area contributed by atoms with Crippen LogP contribution in [0.25, 0.3) is 22.4 Å². The lowest BCUT2D eigenvalue weighted by Crippen LogP contribution is -2.23. The van der Waals surface area contributed by atoms with Crippen molar-refractivity contribution in [3.05, 3.63) is 96.3 Å². The summed E-state index contributed by atoms with van der Waals surface area (Å²) < 4.78 is 17.1. The van der Waals surface area contributed by atoms with E-state index in [0.29, 0.717) is 37.5 Å². The number of hydrogen-bond donors (Lipinski definition) is 0. The fourth-order valence-corrected chi connectivity index (χ4v) is 4.05. The molecule has 0 radical (unpaired) electrons. The van der Waals surface area contributed by atoms with Crippen molar-refractivity contribution in [2.24, 2.45) is 0 Å². The standard InChI is InChI=1S/C28H25NO4/c1-2-31-27(30)28(17-18-28)26-24(21-11-7-4-8-12-21)25(29-33-26)22-13-15-23(16-14-22)32-19-20-9-5-3-6-10-20/h3-16H,2,17-19H2,1H3. The van der Waals surface area contributed by atoms with E-state index in [9.17, 15) is 4.79 Å². The van der Waals surface area contributed by atoms with Crippen LogP contribution in [-0.2, 0) is 21.6 Å². The van der Waals surface area contributed by atoms with E-state index in [1.54, 1.807) is 0 Å². The largest absolute Gasteiger partial charge is 0.489 e. The molecule has 5 heteroatoms. The number of hydrogen-bond acceptors (Lipinski definition) is 5. The Morgan fingerprint density at radius 3 is 2.21 bits per heavy atom. The Labute approximate surface area is 193 Å². The third-order valence-corrected chi connectivity index (χ3v) is 5.98. The maximum Gasteiger partial charge on any atom is 0.319 e. The quantitative estimate of drug-likeness (QED) is 0.307. The highest BCUT2D eigenvalue weighted by molar-refractivity contribution is 5.92. The number of esters is 1. The zero-order valence-corrected chi connectivity index (χ0v) is 18.5. The molecule has 4 aromatic rings. The lowest BCUT2D eigenvalue weighted by atomic mass is 9.92. The predicted octanol–water partition coefficient (Wildman–Crippen LogP) is 6.18. The molecule has 0 unspecified atom stereocenters. The van der Waals surface area contributed by atoms with E-state index >= 15 is 0 Å². The van der Waals surface area contributed by atoms with Crippen molar-refractivity contribution in [2.45, 2.75) is 31.8 Å². The number of rotatable bonds is 8. The summed E-state index contributed by atoms with van der Waals surface area (Å²) in [7, 11) is 0. The second-order valence-electron chi connectivity index (χ2n) is 8.20. The molecule has 0 spiro atoms. The molecule has 33 heavy (non-hydrogen) atoms. The monoisotopic (exact) mass is 439 g/mol. The van der Waals surface area contributed by atoms with Gasteiger partial charge in [-0.15, -0.1) is 0 Å². The molecule has 0 aliphatic heterocycles. The molecule has 0 amide bonds. The number of nitrogens with zero attached hydrogens (tertiary/aromatic N) is 1. The number of carbonyl (C=O) groups is 1. The van der Waals surface area contributed by atoms with Crippen LogP contribution in [0.1, 0.15) is 31.1 Å². The van der Waals surface area contributed by atoms with Gasteiger partial charge >= 0.3 is 5.97 Å². The third kappa shape index (κ3) is 4.14. The van der Waals surface area contributed by atoms with Crippen molar-refractivity contribution in [3.63, 3.8) is 0 Å². The SMILES string of the molecule is CCOC(=O)C1(c2onc(-c3ccc(OCc4ccccc4)cc3)c2-c2ccccc2)CC1. The van der Waals surface area contributed by atoms with Crippen molar-refractivity contribution < 1.29 is 18.8 Å². The fourth-order valence-electron chi connectivity index (χ4n) is 4.05. The smallest absolute Gasteiger partial charge is 0.319 e. The van der Waals surface area contributed by atoms with Gasteiger partial charge in [0.2, 0.25) is 0 Å². The highest BCUT2D eigenvalue weighted by atomic mass is 16.5. The second kappa shape index (κ2) is 8.94. The molecule has 5 nitrogen and oxygen atoms in total. The maximum absolute atomic E-state index is 12.8. The van der Waals surface area contributed by atoms with Crippen LogP contribution in [0.3, 0.4) is 0 Å². The molecule has 1 aromatic heterocycles. The third-order valence-electron chi connectivity index (χ3n) is 5.98. The first kappa shape index (κ1) is 21.0. The van der Waals surface area contributed by atoms with Crippen LogP contribution in [0.4, 0.5) is 0 Å². The molecule has 1 aliphatic rings. The summed E-state index contributed by atoms with van der Waals surface area (Å²) in [6, 6.07) is 27.8.